The molecule has 0 bridgehead atoms. The van der Waals surface area contributed by atoms with E-state index in [2.05, 4.69) is 12.2 Å². The highest BCUT2D eigenvalue weighted by molar-refractivity contribution is 5.32. The van der Waals surface area contributed by atoms with Crippen LogP contribution < -0.4 is 5.32 Å². The Balaban J connectivity index is 0.000000354. The third-order valence-electron chi connectivity index (χ3n) is 1.98. The van der Waals surface area contributed by atoms with E-state index in [9.17, 15) is 0 Å². The highest BCUT2D eigenvalue weighted by Gasteiger charge is 2.15. The fourth-order valence-corrected chi connectivity index (χ4v) is 1.25. The molecule has 0 aliphatic carbocycles. The first-order chi connectivity index (χ1) is 5.74. The molecule has 0 radical (unpaired) electrons. The van der Waals surface area contributed by atoms with Crippen molar-refractivity contribution in [2.24, 2.45) is 0 Å². The average molecular weight is 175 g/mol. The van der Waals surface area contributed by atoms with Crippen LogP contribution >= 0.6 is 0 Å². The second-order valence-electron chi connectivity index (χ2n) is 2.85. The van der Waals surface area contributed by atoms with Crippen molar-refractivity contribution in [1.29, 1.82) is 0 Å². The predicted molar refractivity (Wildman–Crippen MR) is 46.0 cm³/mol. The summed E-state index contributed by atoms with van der Waals surface area (Å²) in [5, 5.41) is 19.2. The quantitative estimate of drug-likeness (QED) is 0.498. The molecule has 1 heterocycles. The maximum absolute atomic E-state index is 9.06. The van der Waals surface area contributed by atoms with Crippen molar-refractivity contribution >= 4 is 6.47 Å². The fraction of sp³-hybridized carbons (Fsp3) is 0.875. The van der Waals surface area contributed by atoms with E-state index in [4.69, 9.17) is 15.0 Å². The van der Waals surface area contributed by atoms with Crippen LogP contribution in [0.2, 0.25) is 0 Å². The summed E-state index contributed by atoms with van der Waals surface area (Å²) < 4.78 is 0. The molecule has 0 unspecified atom stereocenters. The zero-order valence-electron chi connectivity index (χ0n) is 7.36. The van der Waals surface area contributed by atoms with Gasteiger partial charge in [0.15, 0.2) is 0 Å². The monoisotopic (exact) mass is 175 g/mol. The van der Waals surface area contributed by atoms with Gasteiger partial charge in [-0.05, 0) is 19.3 Å². The molecule has 0 aromatic carbocycles. The van der Waals surface area contributed by atoms with E-state index in [0.29, 0.717) is 6.04 Å². The van der Waals surface area contributed by atoms with Crippen molar-refractivity contribution in [3.63, 3.8) is 0 Å². The van der Waals surface area contributed by atoms with Gasteiger partial charge in [0.2, 0.25) is 0 Å². The topological polar surface area (TPSA) is 69.6 Å². The Morgan fingerprint density at radius 3 is 2.50 bits per heavy atom. The number of nitrogens with one attached hydrogen (secondary N) is 1. The number of carboxylic acid groups (broad SMARTS) is 1. The standard InChI is InChI=1S/C7H15NO.CH2O2/c1-2-6-3-4-7(9)5-8-6;2-1-3/h6-9H,2-5H2,1H3;1H,(H,2,3)/t6-,7-;/m0./s1. The molecule has 1 rings (SSSR count). The van der Waals surface area contributed by atoms with E-state index in [1.54, 1.807) is 0 Å². The number of piperidine rings is 1. The molecule has 3 N–H and O–H groups in total. The zero-order valence-corrected chi connectivity index (χ0v) is 7.36. The SMILES string of the molecule is CC[C@H]1CC[C@H](O)CN1.O=CO. The number of carbonyl (C=O) groups is 1. The van der Waals surface area contributed by atoms with Gasteiger partial charge in [-0.25, -0.2) is 0 Å². The summed E-state index contributed by atoms with van der Waals surface area (Å²) >= 11 is 0. The molecule has 1 saturated heterocycles. The third kappa shape index (κ3) is 5.09. The molecule has 0 aromatic rings. The van der Waals surface area contributed by atoms with Gasteiger partial charge in [0.25, 0.3) is 6.47 Å². The molecule has 0 saturated carbocycles. The van der Waals surface area contributed by atoms with Crippen LogP contribution in [-0.2, 0) is 4.79 Å². The number of hydrogen-bond acceptors (Lipinski definition) is 3. The summed E-state index contributed by atoms with van der Waals surface area (Å²) in [6, 6.07) is 0.661. The Hall–Kier alpha value is -0.610. The van der Waals surface area contributed by atoms with E-state index >= 15 is 0 Å². The summed E-state index contributed by atoms with van der Waals surface area (Å²) in [6.07, 6.45) is 3.21. The van der Waals surface area contributed by atoms with E-state index in [0.717, 1.165) is 19.4 Å². The van der Waals surface area contributed by atoms with Gasteiger partial charge in [0.1, 0.15) is 0 Å². The van der Waals surface area contributed by atoms with Crippen LogP contribution in [0.15, 0.2) is 0 Å². The molecule has 4 nitrogen and oxygen atoms in total. The van der Waals surface area contributed by atoms with Crippen LogP contribution in [0.3, 0.4) is 0 Å². The molecule has 0 aromatic heterocycles. The maximum atomic E-state index is 9.06. The summed E-state index contributed by atoms with van der Waals surface area (Å²) in [7, 11) is 0. The molecular weight excluding hydrogens is 158 g/mol. The second kappa shape index (κ2) is 7.06. The van der Waals surface area contributed by atoms with Crippen molar-refractivity contribution < 1.29 is 15.0 Å². The van der Waals surface area contributed by atoms with Crippen LogP contribution in [0.4, 0.5) is 0 Å². The normalized spacial score (nSPS) is 28.5. The summed E-state index contributed by atoms with van der Waals surface area (Å²) in [5.74, 6) is 0. The van der Waals surface area contributed by atoms with Crippen molar-refractivity contribution in [3.8, 4) is 0 Å². The Morgan fingerprint density at radius 2 is 2.17 bits per heavy atom. The first-order valence-corrected chi connectivity index (χ1v) is 4.23. The molecular formula is C8H17NO3. The van der Waals surface area contributed by atoms with Gasteiger partial charge < -0.3 is 15.5 Å². The molecule has 4 heteroatoms. The lowest BCUT2D eigenvalue weighted by atomic mass is 10.0. The fourth-order valence-electron chi connectivity index (χ4n) is 1.25. The Labute approximate surface area is 72.6 Å². The van der Waals surface area contributed by atoms with Crippen LogP contribution in [0.25, 0.3) is 0 Å². The van der Waals surface area contributed by atoms with E-state index in [1.807, 2.05) is 0 Å². The summed E-state index contributed by atoms with van der Waals surface area (Å²) in [6.45, 7) is 2.72. The van der Waals surface area contributed by atoms with Crippen molar-refractivity contribution in [2.45, 2.75) is 38.3 Å². The molecule has 1 aliphatic rings. The molecule has 0 amide bonds. The van der Waals surface area contributed by atoms with Gasteiger partial charge in [-0.2, -0.15) is 0 Å². The third-order valence-corrected chi connectivity index (χ3v) is 1.98. The van der Waals surface area contributed by atoms with Gasteiger partial charge in [0.05, 0.1) is 6.10 Å². The number of hydrogen-bond donors (Lipinski definition) is 3. The smallest absolute Gasteiger partial charge is 0.290 e. The molecule has 0 spiro atoms. The number of β-amino-alcohol motifs (C(OH)–C–C–N with tert-alkyl or cyclic N) is 1. The number of aliphatic hydroxyl groups is 1. The predicted octanol–water partition coefficient (Wildman–Crippen LogP) is 0.210. The lowest BCUT2D eigenvalue weighted by molar-refractivity contribution is -0.122. The summed E-state index contributed by atoms with van der Waals surface area (Å²) in [4.78, 5) is 8.36. The lowest BCUT2D eigenvalue weighted by Gasteiger charge is -2.25. The Kier molecular flexibility index (Phi) is 6.70. The Bertz CT molecular complexity index is 111. The van der Waals surface area contributed by atoms with Gasteiger partial charge in [-0.3, -0.25) is 4.79 Å². The van der Waals surface area contributed by atoms with Gasteiger partial charge in [-0.15, -0.1) is 0 Å². The largest absolute Gasteiger partial charge is 0.483 e. The molecule has 72 valence electrons. The van der Waals surface area contributed by atoms with Crippen LogP contribution in [-0.4, -0.2) is 35.4 Å². The molecule has 1 aliphatic heterocycles. The Morgan fingerprint density at radius 1 is 1.58 bits per heavy atom. The van der Waals surface area contributed by atoms with Crippen LogP contribution in [0.5, 0.6) is 0 Å². The van der Waals surface area contributed by atoms with E-state index < -0.39 is 0 Å². The summed E-state index contributed by atoms with van der Waals surface area (Å²) in [5.41, 5.74) is 0. The second-order valence-corrected chi connectivity index (χ2v) is 2.85. The molecule has 1 fully saturated rings. The van der Waals surface area contributed by atoms with Crippen molar-refractivity contribution in [1.82, 2.24) is 5.32 Å². The van der Waals surface area contributed by atoms with Crippen LogP contribution in [0, 0.1) is 0 Å². The van der Waals surface area contributed by atoms with E-state index in [1.165, 1.54) is 6.42 Å². The van der Waals surface area contributed by atoms with E-state index in [-0.39, 0.29) is 12.6 Å². The first-order valence-electron chi connectivity index (χ1n) is 4.23. The van der Waals surface area contributed by atoms with Crippen molar-refractivity contribution in [2.75, 3.05) is 6.54 Å². The van der Waals surface area contributed by atoms with Crippen molar-refractivity contribution in [3.05, 3.63) is 0 Å². The minimum absolute atomic E-state index is 0.0900. The minimum atomic E-state index is -0.250. The van der Waals surface area contributed by atoms with Gasteiger partial charge in [-0.1, -0.05) is 6.92 Å². The average Bonchev–Trinajstić information content (AvgIpc) is 2.07. The number of aliphatic hydroxyl groups excluding tert-OH is 1. The number of rotatable bonds is 1. The maximum Gasteiger partial charge on any atom is 0.290 e. The highest BCUT2D eigenvalue weighted by Crippen LogP contribution is 2.09. The minimum Gasteiger partial charge on any atom is -0.483 e. The first kappa shape index (κ1) is 11.4. The lowest BCUT2D eigenvalue weighted by Crippen LogP contribution is -2.40. The highest BCUT2D eigenvalue weighted by atomic mass is 16.3. The van der Waals surface area contributed by atoms with Crippen LogP contribution in [0.1, 0.15) is 26.2 Å². The molecule has 12 heavy (non-hydrogen) atoms. The van der Waals surface area contributed by atoms with Gasteiger partial charge in [0, 0.05) is 12.6 Å². The zero-order chi connectivity index (χ0) is 9.40. The molecule has 2 atom stereocenters. The van der Waals surface area contributed by atoms with Gasteiger partial charge >= 0.3 is 0 Å².